The normalized spacial score (nSPS) is 8.67. The van der Waals surface area contributed by atoms with E-state index in [2.05, 4.69) is 60.0 Å². The molecule has 6 heteroatoms. The van der Waals surface area contributed by atoms with Crippen molar-refractivity contribution >= 4 is 44.1 Å². The first-order chi connectivity index (χ1) is 6.61. The van der Waals surface area contributed by atoms with Gasteiger partial charge in [-0.1, -0.05) is 0 Å². The molecular weight excluding hydrogens is 331 g/mol. The molecule has 0 bridgehead atoms. The van der Waals surface area contributed by atoms with Crippen LogP contribution in [0.1, 0.15) is 0 Å². The molecule has 0 rings (SSSR count). The van der Waals surface area contributed by atoms with Crippen LogP contribution >= 0.6 is 44.1 Å². The first-order valence-corrected chi connectivity index (χ1v) is 15.2. The quantitative estimate of drug-likeness (QED) is 0.505. The van der Waals surface area contributed by atoms with Gasteiger partial charge in [-0.25, -0.2) is 0 Å². The molecule has 101 valence electrons. The van der Waals surface area contributed by atoms with Gasteiger partial charge in [0.05, 0.1) is 0 Å². The molecule has 15 heavy (non-hydrogen) atoms. The molecule has 0 aromatic carbocycles. The summed E-state index contributed by atoms with van der Waals surface area (Å²) in [6.07, 6.45) is 0. The Labute approximate surface area is 116 Å². The van der Waals surface area contributed by atoms with Gasteiger partial charge in [0.2, 0.25) is 0 Å². The van der Waals surface area contributed by atoms with Crippen molar-refractivity contribution in [3.63, 3.8) is 0 Å². The van der Waals surface area contributed by atoms with Crippen molar-refractivity contribution in [3.05, 3.63) is 0 Å². The summed E-state index contributed by atoms with van der Waals surface area (Å²) in [5.74, 6) is 0. The fourth-order valence-electron chi connectivity index (χ4n) is 0. The van der Waals surface area contributed by atoms with Crippen molar-refractivity contribution in [2.45, 2.75) is 0 Å². The van der Waals surface area contributed by atoms with Crippen molar-refractivity contribution in [2.75, 3.05) is 60.0 Å². The van der Waals surface area contributed by atoms with Crippen LogP contribution in [-0.4, -0.2) is 60.0 Å². The van der Waals surface area contributed by atoms with Crippen molar-refractivity contribution in [1.82, 2.24) is 0 Å². The summed E-state index contributed by atoms with van der Waals surface area (Å²) in [4.78, 5) is 0. The molecule has 0 aliphatic rings. The van der Waals surface area contributed by atoms with Crippen LogP contribution in [0.15, 0.2) is 0 Å². The molecule has 0 unspecified atom stereocenters. The van der Waals surface area contributed by atoms with E-state index in [0.29, 0.717) is 36.7 Å². The minimum absolute atomic E-state index is 0.380. The monoisotopic (exact) mass is 357 g/mol. The van der Waals surface area contributed by atoms with E-state index in [9.17, 15) is 0 Å². The van der Waals surface area contributed by atoms with Crippen molar-refractivity contribution in [3.8, 4) is 0 Å². The van der Waals surface area contributed by atoms with E-state index in [4.69, 9.17) is 20.3 Å². The van der Waals surface area contributed by atoms with Crippen LogP contribution in [0, 0.1) is 0 Å². The summed E-state index contributed by atoms with van der Waals surface area (Å²) in [6, 6.07) is 0. The van der Waals surface area contributed by atoms with Crippen LogP contribution in [0.3, 0.4) is 0 Å². The minimum atomic E-state index is 0.380. The summed E-state index contributed by atoms with van der Waals surface area (Å²) >= 11 is 0.382. The number of halogens is 2. The Morgan fingerprint density at radius 2 is 0.533 bits per heavy atom. The summed E-state index contributed by atoms with van der Waals surface area (Å²) in [6.45, 7) is 20.1. The van der Waals surface area contributed by atoms with Gasteiger partial charge in [-0.2, -0.15) is 0 Å². The number of hydrogen-bond acceptors (Lipinski definition) is 0. The Bertz CT molecular complexity index is 61.2. The number of hydrogen-bond donors (Lipinski definition) is 0. The van der Waals surface area contributed by atoms with Crippen molar-refractivity contribution in [2.24, 2.45) is 0 Å². The predicted molar refractivity (Wildman–Crippen MR) is 85.8 cm³/mol. The van der Waals surface area contributed by atoms with E-state index in [1.807, 2.05) is 0 Å². The molecule has 0 nitrogen and oxygen atoms in total. The molecular formula is C9H27Cl2CoP3. The standard InChI is InChI=1S/3C3H9P.2ClH.Co/c3*1-4(2)3;;;/h3*1-3H3;2*1H;/q;;;;;+2/p-2. The van der Waals surface area contributed by atoms with Crippen LogP contribution < -0.4 is 0 Å². The zero-order chi connectivity index (χ0) is 13.4. The summed E-state index contributed by atoms with van der Waals surface area (Å²) in [5.41, 5.74) is 0. The molecule has 0 fully saturated rings. The molecule has 0 aliphatic heterocycles. The average Bonchev–Trinajstić information content (AvgIpc) is 1.81. The van der Waals surface area contributed by atoms with Crippen LogP contribution in [0.5, 0.6) is 0 Å². The molecule has 0 radical (unpaired) electrons. The van der Waals surface area contributed by atoms with Gasteiger partial charge < -0.3 is 0 Å². The Morgan fingerprint density at radius 3 is 0.533 bits per heavy atom. The second-order valence-electron chi connectivity index (χ2n) is 4.07. The van der Waals surface area contributed by atoms with Crippen LogP contribution in [0.25, 0.3) is 0 Å². The molecule has 0 N–H and O–H groups in total. The summed E-state index contributed by atoms with van der Waals surface area (Å²) in [7, 11) is 10.6. The molecule has 0 amide bonds. The van der Waals surface area contributed by atoms with Gasteiger partial charge in [0.25, 0.3) is 0 Å². The van der Waals surface area contributed by atoms with E-state index in [1.54, 1.807) is 0 Å². The number of rotatable bonds is 0. The summed E-state index contributed by atoms with van der Waals surface area (Å²) < 4.78 is 0. The molecule has 0 spiro atoms. The first-order valence-electron chi connectivity index (χ1n) is 4.28. The fourth-order valence-corrected chi connectivity index (χ4v) is 0. The van der Waals surface area contributed by atoms with Crippen molar-refractivity contribution in [1.29, 1.82) is 0 Å². The average molecular weight is 358 g/mol. The van der Waals surface area contributed by atoms with Crippen LogP contribution in [0.4, 0.5) is 0 Å². The molecule has 0 saturated heterocycles. The third-order valence-electron chi connectivity index (χ3n) is 0. The SMILES string of the molecule is CP(C)C.CP(C)C.CP(C)C.[Cl][Co][Cl]. The van der Waals surface area contributed by atoms with E-state index < -0.39 is 0 Å². The van der Waals surface area contributed by atoms with Crippen LogP contribution in [-0.2, 0) is 12.9 Å². The van der Waals surface area contributed by atoms with E-state index in [-0.39, 0.29) is 0 Å². The maximum atomic E-state index is 4.73. The van der Waals surface area contributed by atoms with Gasteiger partial charge in [-0.15, -0.1) is 23.8 Å². The molecule has 0 aromatic rings. The Hall–Kier alpha value is 2.38. The van der Waals surface area contributed by atoms with Crippen molar-refractivity contribution < 1.29 is 12.9 Å². The maximum absolute atomic E-state index is 4.73. The zero-order valence-electron chi connectivity index (χ0n) is 11.4. The van der Waals surface area contributed by atoms with Gasteiger partial charge in [-0.3, -0.25) is 0 Å². The molecule has 0 atom stereocenters. The Balaban J connectivity index is -0.0000000542. The second-order valence-corrected chi connectivity index (χ2v) is 13.8. The van der Waals surface area contributed by atoms with E-state index in [0.717, 1.165) is 0 Å². The van der Waals surface area contributed by atoms with E-state index >= 15 is 0 Å². The van der Waals surface area contributed by atoms with Gasteiger partial charge >= 0.3 is 33.2 Å². The fraction of sp³-hybridized carbons (Fsp3) is 1.00. The third kappa shape index (κ3) is 599. The molecule has 0 saturated carbocycles. The second kappa shape index (κ2) is 25.3. The molecule has 0 heterocycles. The predicted octanol–water partition coefficient (Wildman–Crippen LogP) is 5.45. The topological polar surface area (TPSA) is 0 Å². The van der Waals surface area contributed by atoms with Gasteiger partial charge in [0, 0.05) is 0 Å². The van der Waals surface area contributed by atoms with Gasteiger partial charge in [0.1, 0.15) is 0 Å². The van der Waals surface area contributed by atoms with Gasteiger partial charge in [-0.05, 0) is 60.0 Å². The zero-order valence-corrected chi connectivity index (χ0v) is 16.7. The molecule has 0 aromatic heterocycles. The third-order valence-corrected chi connectivity index (χ3v) is 0. The first kappa shape index (κ1) is 26.0. The molecule has 0 aliphatic carbocycles. The van der Waals surface area contributed by atoms with Crippen LogP contribution in [0.2, 0.25) is 0 Å². The summed E-state index contributed by atoms with van der Waals surface area (Å²) in [5, 5.41) is 0. The Kier molecular flexibility index (Phi) is 43.9. The Morgan fingerprint density at radius 1 is 0.533 bits per heavy atom. The van der Waals surface area contributed by atoms with Gasteiger partial charge in [0.15, 0.2) is 0 Å². The van der Waals surface area contributed by atoms with E-state index in [1.165, 1.54) is 0 Å².